The van der Waals surface area contributed by atoms with E-state index in [0.29, 0.717) is 5.92 Å². The third-order valence-corrected chi connectivity index (χ3v) is 5.97. The van der Waals surface area contributed by atoms with E-state index in [1.165, 1.54) is 34.9 Å². The van der Waals surface area contributed by atoms with Crippen LogP contribution in [0.15, 0.2) is 61.3 Å². The fourth-order valence-electron chi connectivity index (χ4n) is 4.37. The number of piperidine rings is 1. The third-order valence-electron chi connectivity index (χ3n) is 5.97. The van der Waals surface area contributed by atoms with Crippen molar-refractivity contribution in [3.05, 3.63) is 66.9 Å². The Hall–Kier alpha value is -2.92. The van der Waals surface area contributed by atoms with Crippen LogP contribution in [0, 0.1) is 0 Å². The van der Waals surface area contributed by atoms with E-state index in [4.69, 9.17) is 0 Å². The molecule has 1 saturated heterocycles. The molecule has 5 rings (SSSR count). The van der Waals surface area contributed by atoms with Gasteiger partial charge in [0.2, 0.25) is 0 Å². The van der Waals surface area contributed by atoms with E-state index in [1.54, 1.807) is 0 Å². The van der Waals surface area contributed by atoms with E-state index in [1.807, 2.05) is 30.3 Å². The van der Waals surface area contributed by atoms with E-state index in [2.05, 4.69) is 69.3 Å². The lowest BCUT2D eigenvalue weighted by Gasteiger charge is -2.28. The number of rotatable bonds is 3. The van der Waals surface area contributed by atoms with Crippen LogP contribution in [-0.4, -0.2) is 44.4 Å². The van der Waals surface area contributed by atoms with Gasteiger partial charge in [0.1, 0.15) is 0 Å². The Morgan fingerprint density at radius 3 is 2.43 bits per heavy atom. The lowest BCUT2D eigenvalue weighted by molar-refractivity contribution is 0.256. The van der Waals surface area contributed by atoms with Crippen LogP contribution in [0.3, 0.4) is 0 Å². The first-order valence-corrected chi connectivity index (χ1v) is 9.92. The summed E-state index contributed by atoms with van der Waals surface area (Å²) in [5.41, 5.74) is 6.27. The van der Waals surface area contributed by atoms with Gasteiger partial charge in [-0.15, -0.1) is 0 Å². The van der Waals surface area contributed by atoms with E-state index in [9.17, 15) is 0 Å². The molecular formula is C23H25N5. The molecule has 4 aromatic rings. The normalized spacial score (nSPS) is 16.1. The molecule has 5 nitrogen and oxygen atoms in total. The summed E-state index contributed by atoms with van der Waals surface area (Å²) in [5.74, 6) is 0.603. The number of hydrogen-bond donors (Lipinski definition) is 0. The molecule has 0 unspecified atom stereocenters. The predicted octanol–water partition coefficient (Wildman–Crippen LogP) is 4.24. The van der Waals surface area contributed by atoms with Gasteiger partial charge >= 0.3 is 0 Å². The zero-order chi connectivity index (χ0) is 19.1. The highest BCUT2D eigenvalue weighted by molar-refractivity contribution is 5.90. The maximum Gasteiger partial charge on any atom is 0.0568 e. The van der Waals surface area contributed by atoms with E-state index in [-0.39, 0.29) is 0 Å². The molecule has 0 spiro atoms. The Morgan fingerprint density at radius 1 is 0.929 bits per heavy atom. The van der Waals surface area contributed by atoms with Crippen LogP contribution in [0.25, 0.3) is 27.7 Å². The number of aryl methyl sites for hydroxylation is 1. The van der Waals surface area contributed by atoms with Crippen molar-refractivity contribution in [2.75, 3.05) is 20.1 Å². The molecule has 4 heterocycles. The summed E-state index contributed by atoms with van der Waals surface area (Å²) >= 11 is 0. The Bertz CT molecular complexity index is 1100. The number of benzene rings is 1. The topological polar surface area (TPSA) is 38.9 Å². The summed E-state index contributed by atoms with van der Waals surface area (Å²) < 4.78 is 4.18. The van der Waals surface area contributed by atoms with Gasteiger partial charge in [-0.1, -0.05) is 6.07 Å². The van der Waals surface area contributed by atoms with Crippen molar-refractivity contribution in [1.82, 2.24) is 24.2 Å². The van der Waals surface area contributed by atoms with Crippen LogP contribution >= 0.6 is 0 Å². The minimum Gasteiger partial charge on any atom is -0.316 e. The smallest absolute Gasteiger partial charge is 0.0568 e. The molecule has 0 N–H and O–H groups in total. The van der Waals surface area contributed by atoms with Gasteiger partial charge in [-0.05, 0) is 74.3 Å². The fourth-order valence-corrected chi connectivity index (χ4v) is 4.37. The van der Waals surface area contributed by atoms with Gasteiger partial charge in [0.05, 0.1) is 11.7 Å². The van der Waals surface area contributed by atoms with Crippen LogP contribution < -0.4 is 0 Å². The van der Waals surface area contributed by atoms with Gasteiger partial charge < -0.3 is 9.47 Å². The van der Waals surface area contributed by atoms with Crippen LogP contribution in [0.2, 0.25) is 0 Å². The maximum atomic E-state index is 4.35. The Balaban J connectivity index is 1.67. The molecule has 0 radical (unpaired) electrons. The van der Waals surface area contributed by atoms with Crippen molar-refractivity contribution in [2.45, 2.75) is 18.8 Å². The molecule has 1 aliphatic rings. The highest BCUT2D eigenvalue weighted by Gasteiger charge is 2.23. The molecule has 3 aromatic heterocycles. The van der Waals surface area contributed by atoms with Crippen molar-refractivity contribution >= 4 is 10.9 Å². The number of aromatic nitrogens is 4. The summed E-state index contributed by atoms with van der Waals surface area (Å²) in [6, 6.07) is 10.9. The van der Waals surface area contributed by atoms with Crippen LogP contribution in [0.1, 0.15) is 24.3 Å². The Kier molecular flexibility index (Phi) is 4.24. The predicted molar refractivity (Wildman–Crippen MR) is 113 cm³/mol. The van der Waals surface area contributed by atoms with Gasteiger partial charge in [0, 0.05) is 48.5 Å². The summed E-state index contributed by atoms with van der Waals surface area (Å²) in [6.07, 6.45) is 12.5. The monoisotopic (exact) mass is 371 g/mol. The molecule has 28 heavy (non-hydrogen) atoms. The average Bonchev–Trinajstić information content (AvgIpc) is 3.33. The summed E-state index contributed by atoms with van der Waals surface area (Å²) in [4.78, 5) is 6.61. The first-order valence-electron chi connectivity index (χ1n) is 9.92. The van der Waals surface area contributed by atoms with Crippen molar-refractivity contribution in [2.24, 2.45) is 7.05 Å². The molecule has 0 saturated carbocycles. The zero-order valence-electron chi connectivity index (χ0n) is 16.4. The summed E-state index contributed by atoms with van der Waals surface area (Å²) in [6.45, 7) is 2.32. The van der Waals surface area contributed by atoms with E-state index in [0.717, 1.165) is 24.3 Å². The second-order valence-electron chi connectivity index (χ2n) is 7.87. The van der Waals surface area contributed by atoms with Crippen LogP contribution in [0.4, 0.5) is 0 Å². The number of likely N-dealkylation sites (tertiary alicyclic amines) is 1. The second-order valence-corrected chi connectivity index (χ2v) is 7.87. The highest BCUT2D eigenvalue weighted by Crippen LogP contribution is 2.37. The lowest BCUT2D eigenvalue weighted by Crippen LogP contribution is -2.29. The number of fused-ring (bicyclic) bond motifs is 1. The van der Waals surface area contributed by atoms with Gasteiger partial charge in [0.15, 0.2) is 0 Å². The van der Waals surface area contributed by atoms with Gasteiger partial charge in [-0.3, -0.25) is 9.67 Å². The average molecular weight is 371 g/mol. The molecule has 1 aromatic carbocycles. The molecule has 1 fully saturated rings. The fraction of sp³-hybridized carbons (Fsp3) is 0.304. The summed E-state index contributed by atoms with van der Waals surface area (Å²) in [5, 5.41) is 5.70. The van der Waals surface area contributed by atoms with Gasteiger partial charge in [-0.25, -0.2) is 0 Å². The molecule has 0 bridgehead atoms. The number of pyridine rings is 1. The highest BCUT2D eigenvalue weighted by atomic mass is 15.2. The van der Waals surface area contributed by atoms with E-state index >= 15 is 0 Å². The second kappa shape index (κ2) is 6.91. The zero-order valence-corrected chi connectivity index (χ0v) is 16.4. The standard InChI is InChI=1S/C23H25N5/c1-26-11-7-17(8-12-26)22-16-28(20-5-9-24-10-6-20)23-4-3-18(13-21(22)23)19-14-25-27(2)15-19/h3-6,9-10,13-17H,7-8,11-12H2,1-2H3. The van der Waals surface area contributed by atoms with Crippen molar-refractivity contribution in [1.29, 1.82) is 0 Å². The van der Waals surface area contributed by atoms with Crippen molar-refractivity contribution in [3.8, 4) is 16.8 Å². The van der Waals surface area contributed by atoms with Crippen molar-refractivity contribution in [3.63, 3.8) is 0 Å². The quantitative estimate of drug-likeness (QED) is 0.541. The third kappa shape index (κ3) is 3.02. The molecular weight excluding hydrogens is 346 g/mol. The Labute approximate surface area is 165 Å². The first-order chi connectivity index (χ1) is 13.7. The maximum absolute atomic E-state index is 4.35. The molecule has 0 atom stereocenters. The molecule has 0 amide bonds. The summed E-state index contributed by atoms with van der Waals surface area (Å²) in [7, 11) is 4.18. The Morgan fingerprint density at radius 2 is 1.71 bits per heavy atom. The minimum absolute atomic E-state index is 0.603. The van der Waals surface area contributed by atoms with Gasteiger partial charge in [0.25, 0.3) is 0 Å². The largest absolute Gasteiger partial charge is 0.316 e. The molecule has 5 heteroatoms. The minimum atomic E-state index is 0.603. The van der Waals surface area contributed by atoms with Crippen LogP contribution in [-0.2, 0) is 7.05 Å². The molecule has 1 aliphatic heterocycles. The van der Waals surface area contributed by atoms with Crippen LogP contribution in [0.5, 0.6) is 0 Å². The first kappa shape index (κ1) is 17.2. The lowest BCUT2D eigenvalue weighted by atomic mass is 9.89. The van der Waals surface area contributed by atoms with Gasteiger partial charge in [-0.2, -0.15) is 5.10 Å². The van der Waals surface area contributed by atoms with E-state index < -0.39 is 0 Å². The molecule has 0 aliphatic carbocycles. The van der Waals surface area contributed by atoms with Crippen molar-refractivity contribution < 1.29 is 0 Å². The molecule has 142 valence electrons. The number of nitrogens with zero attached hydrogens (tertiary/aromatic N) is 5. The number of hydrogen-bond acceptors (Lipinski definition) is 3. The SMILES string of the molecule is CN1CCC(c2cn(-c3ccncc3)c3ccc(-c4cnn(C)c4)cc23)CC1.